The molecule has 0 spiro atoms. The topological polar surface area (TPSA) is 50.8 Å². The summed E-state index contributed by atoms with van der Waals surface area (Å²) in [6, 6.07) is 0.458. The minimum Gasteiger partial charge on any atom is -0.444 e. The van der Waals surface area contributed by atoms with Crippen LogP contribution in [0.2, 0.25) is 0 Å². The third kappa shape index (κ3) is 6.57. The predicted molar refractivity (Wildman–Crippen MR) is 79.9 cm³/mol. The highest BCUT2D eigenvalue weighted by Gasteiger charge is 2.25. The Morgan fingerprint density at radius 3 is 2.65 bits per heavy atom. The van der Waals surface area contributed by atoms with Gasteiger partial charge in [0.15, 0.2) is 0 Å². The number of nitrogens with one attached hydrogen (secondary N) is 1. The average Bonchev–Trinajstić information content (AvgIpc) is 2.59. The van der Waals surface area contributed by atoms with Gasteiger partial charge in [0.2, 0.25) is 0 Å². The van der Waals surface area contributed by atoms with E-state index in [9.17, 15) is 4.79 Å². The highest BCUT2D eigenvalue weighted by molar-refractivity contribution is 5.68. The average molecular weight is 286 g/mol. The van der Waals surface area contributed by atoms with E-state index in [0.717, 1.165) is 38.9 Å². The summed E-state index contributed by atoms with van der Waals surface area (Å²) >= 11 is 0. The molecule has 1 aliphatic rings. The molecule has 2 atom stereocenters. The van der Waals surface area contributed by atoms with Gasteiger partial charge in [-0.25, -0.2) is 4.79 Å². The van der Waals surface area contributed by atoms with Crippen molar-refractivity contribution in [2.75, 3.05) is 26.7 Å². The maximum absolute atomic E-state index is 12.0. The minimum absolute atomic E-state index is 0.191. The Morgan fingerprint density at radius 1 is 1.35 bits per heavy atom. The summed E-state index contributed by atoms with van der Waals surface area (Å²) in [5, 5.41) is 3.52. The number of methoxy groups -OCH3 is 1. The summed E-state index contributed by atoms with van der Waals surface area (Å²) in [6.07, 6.45) is 3.10. The van der Waals surface area contributed by atoms with Crippen molar-refractivity contribution in [3.8, 4) is 0 Å². The molecule has 1 heterocycles. The summed E-state index contributed by atoms with van der Waals surface area (Å²) in [6.45, 7) is 10.2. The van der Waals surface area contributed by atoms with Gasteiger partial charge in [-0.2, -0.15) is 0 Å². The first-order valence-corrected chi connectivity index (χ1v) is 7.56. The minimum atomic E-state index is -0.422. The van der Waals surface area contributed by atoms with Crippen molar-refractivity contribution in [1.82, 2.24) is 10.2 Å². The SMILES string of the molecule is COC(C)CNC1CCCN(C(=O)OC(C)(C)C)CC1. The molecule has 0 aromatic heterocycles. The normalized spacial score (nSPS) is 22.2. The number of hydrogen-bond donors (Lipinski definition) is 1. The van der Waals surface area contributed by atoms with E-state index in [2.05, 4.69) is 12.2 Å². The highest BCUT2D eigenvalue weighted by atomic mass is 16.6. The van der Waals surface area contributed by atoms with Crippen molar-refractivity contribution in [2.24, 2.45) is 0 Å². The standard InChI is InChI=1S/C15H30N2O3/c1-12(19-5)11-16-13-7-6-9-17(10-8-13)14(18)20-15(2,3)4/h12-13,16H,6-11H2,1-5H3. The molecule has 0 bridgehead atoms. The second-order valence-corrected chi connectivity index (χ2v) is 6.55. The second kappa shape index (κ2) is 7.84. The molecule has 20 heavy (non-hydrogen) atoms. The molecular weight excluding hydrogens is 256 g/mol. The van der Waals surface area contributed by atoms with Gasteiger partial charge in [-0.15, -0.1) is 0 Å². The van der Waals surface area contributed by atoms with E-state index in [1.165, 1.54) is 0 Å². The summed E-state index contributed by atoms with van der Waals surface area (Å²) in [4.78, 5) is 13.9. The lowest BCUT2D eigenvalue weighted by Crippen LogP contribution is -2.39. The van der Waals surface area contributed by atoms with Crippen LogP contribution >= 0.6 is 0 Å². The molecule has 1 N–H and O–H groups in total. The summed E-state index contributed by atoms with van der Waals surface area (Å²) in [5.41, 5.74) is -0.422. The number of hydrogen-bond acceptors (Lipinski definition) is 4. The fourth-order valence-electron chi connectivity index (χ4n) is 2.23. The molecule has 5 heteroatoms. The molecule has 0 saturated carbocycles. The van der Waals surface area contributed by atoms with Gasteiger partial charge >= 0.3 is 6.09 Å². The second-order valence-electron chi connectivity index (χ2n) is 6.55. The monoisotopic (exact) mass is 286 g/mol. The van der Waals surface area contributed by atoms with E-state index < -0.39 is 5.60 Å². The van der Waals surface area contributed by atoms with E-state index in [0.29, 0.717) is 6.04 Å². The van der Waals surface area contributed by atoms with E-state index in [1.54, 1.807) is 7.11 Å². The smallest absolute Gasteiger partial charge is 0.410 e. The Hall–Kier alpha value is -0.810. The lowest BCUT2D eigenvalue weighted by atomic mass is 10.1. The van der Waals surface area contributed by atoms with Gasteiger partial charge < -0.3 is 19.7 Å². The van der Waals surface area contributed by atoms with Gasteiger partial charge in [0.05, 0.1) is 6.10 Å². The van der Waals surface area contributed by atoms with Crippen molar-refractivity contribution in [3.05, 3.63) is 0 Å². The van der Waals surface area contributed by atoms with E-state index >= 15 is 0 Å². The number of rotatable bonds is 4. The van der Waals surface area contributed by atoms with Crippen LogP contribution in [0.5, 0.6) is 0 Å². The van der Waals surface area contributed by atoms with Crippen LogP contribution in [-0.2, 0) is 9.47 Å². The van der Waals surface area contributed by atoms with Crippen molar-refractivity contribution in [3.63, 3.8) is 0 Å². The van der Waals surface area contributed by atoms with Gasteiger partial charge in [-0.05, 0) is 47.0 Å². The van der Waals surface area contributed by atoms with Crippen molar-refractivity contribution >= 4 is 6.09 Å². The first kappa shape index (κ1) is 17.2. The third-order valence-electron chi connectivity index (χ3n) is 3.48. The fraction of sp³-hybridized carbons (Fsp3) is 0.933. The highest BCUT2D eigenvalue weighted by Crippen LogP contribution is 2.15. The molecule has 0 radical (unpaired) electrons. The zero-order valence-electron chi connectivity index (χ0n) is 13.6. The quantitative estimate of drug-likeness (QED) is 0.862. The van der Waals surface area contributed by atoms with E-state index in [4.69, 9.17) is 9.47 Å². The molecule has 0 aromatic rings. The number of likely N-dealkylation sites (tertiary alicyclic amines) is 1. The van der Waals surface area contributed by atoms with Crippen LogP contribution in [0.25, 0.3) is 0 Å². The molecule has 1 aliphatic heterocycles. The van der Waals surface area contributed by atoms with Crippen molar-refractivity contribution in [1.29, 1.82) is 0 Å². The zero-order chi connectivity index (χ0) is 15.2. The van der Waals surface area contributed by atoms with Crippen LogP contribution in [0.4, 0.5) is 4.79 Å². The number of amides is 1. The maximum Gasteiger partial charge on any atom is 0.410 e. The lowest BCUT2D eigenvalue weighted by Gasteiger charge is -2.26. The Balaban J connectivity index is 2.37. The summed E-state index contributed by atoms with van der Waals surface area (Å²) < 4.78 is 10.7. The van der Waals surface area contributed by atoms with Crippen LogP contribution in [0.1, 0.15) is 47.0 Å². The van der Waals surface area contributed by atoms with Gasteiger partial charge in [-0.3, -0.25) is 0 Å². The Labute approximate surface area is 123 Å². The summed E-state index contributed by atoms with van der Waals surface area (Å²) in [7, 11) is 1.73. The van der Waals surface area contributed by atoms with Crippen molar-refractivity contribution < 1.29 is 14.3 Å². The molecule has 1 saturated heterocycles. The summed E-state index contributed by atoms with van der Waals surface area (Å²) in [5.74, 6) is 0. The molecule has 0 aliphatic carbocycles. The van der Waals surface area contributed by atoms with Crippen LogP contribution in [0.3, 0.4) is 0 Å². The van der Waals surface area contributed by atoms with E-state index in [1.807, 2.05) is 25.7 Å². The van der Waals surface area contributed by atoms with Crippen LogP contribution in [0.15, 0.2) is 0 Å². The van der Waals surface area contributed by atoms with Gasteiger partial charge in [0.1, 0.15) is 5.60 Å². The molecule has 1 amide bonds. The first-order valence-electron chi connectivity index (χ1n) is 7.56. The molecule has 1 fully saturated rings. The number of ether oxygens (including phenoxy) is 2. The molecule has 118 valence electrons. The number of nitrogens with zero attached hydrogens (tertiary/aromatic N) is 1. The van der Waals surface area contributed by atoms with Gasteiger partial charge in [0.25, 0.3) is 0 Å². The first-order chi connectivity index (χ1) is 9.31. The van der Waals surface area contributed by atoms with Crippen LogP contribution in [-0.4, -0.2) is 55.5 Å². The molecule has 5 nitrogen and oxygen atoms in total. The van der Waals surface area contributed by atoms with Gasteiger partial charge in [-0.1, -0.05) is 0 Å². The lowest BCUT2D eigenvalue weighted by molar-refractivity contribution is 0.0255. The van der Waals surface area contributed by atoms with Crippen LogP contribution < -0.4 is 5.32 Å². The molecular formula is C15H30N2O3. The predicted octanol–water partition coefficient (Wildman–Crippen LogP) is 2.40. The van der Waals surface area contributed by atoms with Crippen LogP contribution in [0, 0.1) is 0 Å². The fourth-order valence-corrected chi connectivity index (χ4v) is 2.23. The Kier molecular flexibility index (Phi) is 6.76. The Morgan fingerprint density at radius 2 is 2.05 bits per heavy atom. The Bertz CT molecular complexity index is 302. The van der Waals surface area contributed by atoms with Gasteiger partial charge in [0, 0.05) is 32.8 Å². The van der Waals surface area contributed by atoms with Crippen molar-refractivity contribution in [2.45, 2.75) is 64.7 Å². The third-order valence-corrected chi connectivity index (χ3v) is 3.48. The maximum atomic E-state index is 12.0. The molecule has 2 unspecified atom stereocenters. The number of carbonyl (C=O) groups is 1. The number of carbonyl (C=O) groups excluding carboxylic acids is 1. The van der Waals surface area contributed by atoms with E-state index in [-0.39, 0.29) is 12.2 Å². The zero-order valence-corrected chi connectivity index (χ0v) is 13.6. The largest absolute Gasteiger partial charge is 0.444 e. The molecule has 1 rings (SSSR count). The molecule has 0 aromatic carbocycles.